The van der Waals surface area contributed by atoms with Crippen molar-refractivity contribution in [3.63, 3.8) is 0 Å². The van der Waals surface area contributed by atoms with E-state index >= 15 is 0 Å². The number of carbonyl (C=O) groups excluding carboxylic acids is 2. The Morgan fingerprint density at radius 2 is 1.68 bits per heavy atom. The number of ether oxygens (including phenoxy) is 1. The van der Waals surface area contributed by atoms with E-state index in [0.717, 1.165) is 36.3 Å². The highest BCUT2D eigenvalue weighted by atomic mass is 16.5. The second-order valence-corrected chi connectivity index (χ2v) is 9.24. The molecule has 192 valence electrons. The van der Waals surface area contributed by atoms with Crippen molar-refractivity contribution >= 4 is 23.2 Å². The summed E-state index contributed by atoms with van der Waals surface area (Å²) in [6.07, 6.45) is 4.34. The highest BCUT2D eigenvalue weighted by molar-refractivity contribution is 6.02. The van der Waals surface area contributed by atoms with Gasteiger partial charge in [-0.2, -0.15) is 0 Å². The first-order valence-corrected chi connectivity index (χ1v) is 12.7. The summed E-state index contributed by atoms with van der Waals surface area (Å²) in [5.74, 6) is -0.485. The molecule has 38 heavy (non-hydrogen) atoms. The van der Waals surface area contributed by atoms with Gasteiger partial charge >= 0.3 is 0 Å². The zero-order valence-corrected chi connectivity index (χ0v) is 21.1. The molecule has 1 aliphatic heterocycles. The number of anilines is 2. The van der Waals surface area contributed by atoms with Gasteiger partial charge < -0.3 is 20.3 Å². The molecule has 0 saturated carbocycles. The highest BCUT2D eigenvalue weighted by Crippen LogP contribution is 2.29. The lowest BCUT2D eigenvalue weighted by atomic mass is 9.98. The third-order valence-electron chi connectivity index (χ3n) is 6.52. The predicted molar refractivity (Wildman–Crippen MR) is 148 cm³/mol. The molecule has 0 aliphatic carbocycles. The van der Waals surface area contributed by atoms with Crippen molar-refractivity contribution < 1.29 is 14.3 Å². The number of carbonyl (C=O) groups is 2. The van der Waals surface area contributed by atoms with Crippen LogP contribution in [0, 0.1) is 0 Å². The van der Waals surface area contributed by atoms with Crippen molar-refractivity contribution in [1.82, 2.24) is 10.3 Å². The lowest BCUT2D eigenvalue weighted by Gasteiger charge is -2.32. The van der Waals surface area contributed by atoms with Crippen LogP contribution in [-0.2, 0) is 35.6 Å². The van der Waals surface area contributed by atoms with Crippen LogP contribution >= 0.6 is 0 Å². The van der Waals surface area contributed by atoms with E-state index in [2.05, 4.69) is 38.7 Å². The minimum Gasteiger partial charge on any atom is -0.367 e. The average molecular weight is 507 g/mol. The maximum atomic E-state index is 13.4. The lowest BCUT2D eigenvalue weighted by molar-refractivity contribution is -0.121. The Labute approximate surface area is 222 Å². The van der Waals surface area contributed by atoms with Crippen LogP contribution in [0.1, 0.15) is 32.6 Å². The quantitative estimate of drug-likeness (QED) is 0.343. The molecule has 0 atom stereocenters. The molecule has 0 radical (unpaired) electrons. The maximum Gasteiger partial charge on any atom is 0.253 e. The molecule has 1 aliphatic rings. The fraction of sp³-hybridized carbons (Fsp3) is 0.194. The molecule has 4 aromatic rings. The fourth-order valence-electron chi connectivity index (χ4n) is 4.59. The number of fused-ring (bicyclic) bond motifs is 1. The monoisotopic (exact) mass is 506 g/mol. The molecular weight excluding hydrogens is 476 g/mol. The van der Waals surface area contributed by atoms with Gasteiger partial charge in [0.25, 0.3) is 5.91 Å². The lowest BCUT2D eigenvalue weighted by Crippen LogP contribution is -2.33. The molecule has 0 unspecified atom stereocenters. The van der Waals surface area contributed by atoms with Gasteiger partial charge in [0.15, 0.2) is 0 Å². The van der Waals surface area contributed by atoms with Gasteiger partial charge in [0.05, 0.1) is 12.2 Å². The van der Waals surface area contributed by atoms with E-state index in [4.69, 9.17) is 4.74 Å². The molecule has 3 aromatic carbocycles. The van der Waals surface area contributed by atoms with Crippen molar-refractivity contribution in [3.05, 3.63) is 125 Å². The van der Waals surface area contributed by atoms with Gasteiger partial charge in [0.1, 0.15) is 6.61 Å². The first-order chi connectivity index (χ1) is 18.7. The Morgan fingerprint density at radius 3 is 2.50 bits per heavy atom. The van der Waals surface area contributed by atoms with E-state index < -0.39 is 0 Å². The molecule has 0 bridgehead atoms. The Bertz CT molecular complexity index is 1390. The number of benzene rings is 3. The van der Waals surface area contributed by atoms with Crippen LogP contribution in [0.3, 0.4) is 0 Å². The van der Waals surface area contributed by atoms with E-state index in [-0.39, 0.29) is 18.4 Å². The van der Waals surface area contributed by atoms with Gasteiger partial charge in [-0.25, -0.2) is 0 Å². The molecule has 5 rings (SSSR count). The Hall–Kier alpha value is -4.49. The number of nitrogens with zero attached hydrogens (tertiary/aromatic N) is 2. The zero-order chi connectivity index (χ0) is 26.2. The summed E-state index contributed by atoms with van der Waals surface area (Å²) >= 11 is 0. The number of hydrogen-bond acceptors (Lipinski definition) is 5. The van der Waals surface area contributed by atoms with E-state index in [0.29, 0.717) is 24.4 Å². The van der Waals surface area contributed by atoms with Crippen LogP contribution in [0.25, 0.3) is 0 Å². The van der Waals surface area contributed by atoms with Crippen molar-refractivity contribution in [3.8, 4) is 0 Å². The molecule has 7 nitrogen and oxygen atoms in total. The van der Waals surface area contributed by atoms with Crippen LogP contribution in [0.2, 0.25) is 0 Å². The molecule has 2 heterocycles. The Morgan fingerprint density at radius 1 is 0.895 bits per heavy atom. The predicted octanol–water partition coefficient (Wildman–Crippen LogP) is 4.73. The van der Waals surface area contributed by atoms with Gasteiger partial charge in [-0.15, -0.1) is 0 Å². The third-order valence-corrected chi connectivity index (χ3v) is 6.52. The summed E-state index contributed by atoms with van der Waals surface area (Å²) in [5, 5.41) is 5.87. The summed E-state index contributed by atoms with van der Waals surface area (Å²) in [4.78, 5) is 32.3. The van der Waals surface area contributed by atoms with E-state index in [1.165, 1.54) is 11.1 Å². The first kappa shape index (κ1) is 25.2. The minimum atomic E-state index is -0.276. The van der Waals surface area contributed by atoms with Crippen LogP contribution in [0.15, 0.2) is 97.3 Å². The van der Waals surface area contributed by atoms with Gasteiger partial charge in [-0.05, 0) is 52.9 Å². The van der Waals surface area contributed by atoms with Crippen LogP contribution in [0.4, 0.5) is 11.4 Å². The number of aromatic nitrogens is 1. The van der Waals surface area contributed by atoms with E-state index in [1.807, 2.05) is 60.7 Å². The number of rotatable bonds is 9. The highest BCUT2D eigenvalue weighted by Gasteiger charge is 2.22. The van der Waals surface area contributed by atoms with Gasteiger partial charge in [0.2, 0.25) is 5.91 Å². The standard InChI is InChI=1S/C31H30N4O3/c36-30(22-38-21-23-7-2-1-3-8-23)34-27-12-13-29(35-16-14-25-10-4-5-11-26(25)20-35)28(17-27)31(37)33-19-24-9-6-15-32-18-24/h1-13,15,17-18H,14,16,19-22H2,(H,33,37)(H,34,36). The molecule has 2 amide bonds. The van der Waals surface area contributed by atoms with Crippen molar-refractivity contribution in [2.75, 3.05) is 23.4 Å². The first-order valence-electron chi connectivity index (χ1n) is 12.7. The molecule has 7 heteroatoms. The number of hydrogen-bond donors (Lipinski definition) is 2. The molecule has 2 N–H and O–H groups in total. The summed E-state index contributed by atoms with van der Waals surface area (Å²) < 4.78 is 5.57. The number of nitrogens with one attached hydrogen (secondary N) is 2. The van der Waals surface area contributed by atoms with Crippen molar-refractivity contribution in [1.29, 1.82) is 0 Å². The van der Waals surface area contributed by atoms with Crippen LogP contribution < -0.4 is 15.5 Å². The van der Waals surface area contributed by atoms with Crippen LogP contribution in [0.5, 0.6) is 0 Å². The second-order valence-electron chi connectivity index (χ2n) is 9.24. The fourth-order valence-corrected chi connectivity index (χ4v) is 4.59. The van der Waals surface area contributed by atoms with E-state index in [9.17, 15) is 9.59 Å². The average Bonchev–Trinajstić information content (AvgIpc) is 2.97. The molecule has 0 saturated heterocycles. The van der Waals surface area contributed by atoms with Gasteiger partial charge in [0, 0.05) is 43.4 Å². The Balaban J connectivity index is 1.31. The normalized spacial score (nSPS) is 12.5. The summed E-state index contributed by atoms with van der Waals surface area (Å²) in [6, 6.07) is 27.3. The molecule has 0 fully saturated rings. The van der Waals surface area contributed by atoms with Gasteiger partial charge in [-0.3, -0.25) is 14.6 Å². The van der Waals surface area contributed by atoms with Crippen molar-refractivity contribution in [2.45, 2.75) is 26.1 Å². The SMILES string of the molecule is O=C(COCc1ccccc1)Nc1ccc(N2CCc3ccccc3C2)c(C(=O)NCc2cccnc2)c1. The summed E-state index contributed by atoms with van der Waals surface area (Å²) in [7, 11) is 0. The Kier molecular flexibility index (Phi) is 8.06. The molecular formula is C31H30N4O3. The third kappa shape index (κ3) is 6.44. The molecule has 0 spiro atoms. The summed E-state index contributed by atoms with van der Waals surface area (Å²) in [5.41, 5.74) is 6.40. The van der Waals surface area contributed by atoms with Gasteiger partial charge in [-0.1, -0.05) is 60.7 Å². The van der Waals surface area contributed by atoms with E-state index in [1.54, 1.807) is 18.5 Å². The maximum absolute atomic E-state index is 13.4. The second kappa shape index (κ2) is 12.2. The van der Waals surface area contributed by atoms with Crippen LogP contribution in [-0.4, -0.2) is 29.9 Å². The summed E-state index contributed by atoms with van der Waals surface area (Å²) in [6.45, 7) is 2.16. The van der Waals surface area contributed by atoms with Crippen molar-refractivity contribution in [2.24, 2.45) is 0 Å². The minimum absolute atomic E-state index is 0.0813. The number of amides is 2. The topological polar surface area (TPSA) is 83.6 Å². The largest absolute Gasteiger partial charge is 0.367 e. The zero-order valence-electron chi connectivity index (χ0n) is 21.1. The smallest absolute Gasteiger partial charge is 0.253 e. The number of pyridine rings is 1. The molecule has 1 aromatic heterocycles.